The van der Waals surface area contributed by atoms with E-state index in [9.17, 15) is 9.59 Å². The number of allylic oxidation sites excluding steroid dienone is 1. The molecule has 90 valence electrons. The molecule has 0 aliphatic heterocycles. The van der Waals surface area contributed by atoms with E-state index in [1.54, 1.807) is 25.1 Å². The van der Waals surface area contributed by atoms with Crippen molar-refractivity contribution in [2.24, 2.45) is 0 Å². The zero-order chi connectivity index (χ0) is 13.0. The molecule has 0 fully saturated rings. The molecule has 0 spiro atoms. The van der Waals surface area contributed by atoms with E-state index in [0.29, 0.717) is 22.4 Å². The second-order valence-electron chi connectivity index (χ2n) is 3.64. The molecule has 0 unspecified atom stereocenters. The largest absolute Gasteiger partial charge is 0.496 e. The molecule has 4 nitrogen and oxygen atoms in total. The summed E-state index contributed by atoms with van der Waals surface area (Å²) in [4.78, 5) is 21.9. The van der Waals surface area contributed by atoms with Gasteiger partial charge in [0.25, 0.3) is 0 Å². The number of carbonyl (C=O) groups is 2. The molecule has 0 heterocycles. The molecular weight excluding hydrogens is 220 g/mol. The Balaban J connectivity index is 3.32. The third-order valence-corrected chi connectivity index (χ3v) is 2.37. The highest BCUT2D eigenvalue weighted by atomic mass is 16.5. The number of Topliss-reactive ketones (excluding diaryl/α,β-unsaturated/α-hetero) is 1. The molecule has 1 aromatic carbocycles. The van der Waals surface area contributed by atoms with Crippen molar-refractivity contribution < 1.29 is 19.4 Å². The summed E-state index contributed by atoms with van der Waals surface area (Å²) in [7, 11) is 1.50. The summed E-state index contributed by atoms with van der Waals surface area (Å²) >= 11 is 0. The highest BCUT2D eigenvalue weighted by Gasteiger charge is 2.09. The highest BCUT2D eigenvalue weighted by molar-refractivity contribution is 5.96. The average molecular weight is 234 g/mol. The Kier molecular flexibility index (Phi) is 4.04. The summed E-state index contributed by atoms with van der Waals surface area (Å²) in [5.41, 5.74) is 1.68. The van der Waals surface area contributed by atoms with Gasteiger partial charge < -0.3 is 9.84 Å². The standard InChI is InChI=1S/C13H14O4/c1-8(6-13(15)16)11-7-10(9(2)14)4-5-12(11)17-3/h4-7H,1-3H3,(H,15,16). The number of aliphatic carboxylic acids is 1. The number of carboxylic acids is 1. The first kappa shape index (κ1) is 13.0. The van der Waals surface area contributed by atoms with Gasteiger partial charge in [-0.25, -0.2) is 4.79 Å². The van der Waals surface area contributed by atoms with Crippen LogP contribution in [0.5, 0.6) is 5.75 Å². The van der Waals surface area contributed by atoms with Crippen LogP contribution in [0, 0.1) is 0 Å². The first-order valence-electron chi connectivity index (χ1n) is 5.06. The molecule has 0 atom stereocenters. The minimum absolute atomic E-state index is 0.0722. The van der Waals surface area contributed by atoms with Crippen molar-refractivity contribution in [1.82, 2.24) is 0 Å². The number of carboxylic acid groups (broad SMARTS) is 1. The van der Waals surface area contributed by atoms with E-state index in [4.69, 9.17) is 9.84 Å². The third kappa shape index (κ3) is 3.17. The van der Waals surface area contributed by atoms with Crippen LogP contribution in [0.15, 0.2) is 24.3 Å². The van der Waals surface area contributed by atoms with Crippen LogP contribution in [-0.2, 0) is 4.79 Å². The van der Waals surface area contributed by atoms with Crippen molar-refractivity contribution in [1.29, 1.82) is 0 Å². The number of ketones is 1. The highest BCUT2D eigenvalue weighted by Crippen LogP contribution is 2.27. The van der Waals surface area contributed by atoms with Crippen LogP contribution in [0.3, 0.4) is 0 Å². The van der Waals surface area contributed by atoms with Crippen molar-refractivity contribution in [2.75, 3.05) is 7.11 Å². The predicted octanol–water partition coefficient (Wildman–Crippen LogP) is 2.39. The monoisotopic (exact) mass is 234 g/mol. The summed E-state index contributed by atoms with van der Waals surface area (Å²) in [6, 6.07) is 4.94. The van der Waals surface area contributed by atoms with Gasteiger partial charge in [-0.15, -0.1) is 0 Å². The first-order chi connectivity index (χ1) is 7.95. The van der Waals surface area contributed by atoms with Gasteiger partial charge in [-0.05, 0) is 37.6 Å². The van der Waals surface area contributed by atoms with Gasteiger partial charge in [0, 0.05) is 17.2 Å². The lowest BCUT2D eigenvalue weighted by molar-refractivity contribution is -0.131. The summed E-state index contributed by atoms with van der Waals surface area (Å²) in [6.07, 6.45) is 1.09. The molecule has 0 aromatic heterocycles. The molecule has 0 aliphatic carbocycles. The third-order valence-electron chi connectivity index (χ3n) is 2.37. The molecule has 0 saturated carbocycles. The van der Waals surface area contributed by atoms with Gasteiger partial charge in [-0.3, -0.25) is 4.79 Å². The Morgan fingerprint density at radius 3 is 2.41 bits per heavy atom. The summed E-state index contributed by atoms with van der Waals surface area (Å²) in [5, 5.41) is 8.70. The number of hydrogen-bond acceptors (Lipinski definition) is 3. The maximum absolute atomic E-state index is 11.3. The molecule has 1 rings (SSSR count). The fraction of sp³-hybridized carbons (Fsp3) is 0.231. The number of benzene rings is 1. The Morgan fingerprint density at radius 1 is 1.29 bits per heavy atom. The van der Waals surface area contributed by atoms with Gasteiger partial charge in [0.15, 0.2) is 5.78 Å². The summed E-state index contributed by atoms with van der Waals surface area (Å²) in [5.74, 6) is -0.556. The molecule has 0 radical (unpaired) electrons. The van der Waals surface area contributed by atoms with Crippen LogP contribution in [0.25, 0.3) is 5.57 Å². The van der Waals surface area contributed by atoms with Crippen LogP contribution < -0.4 is 4.74 Å². The number of hydrogen-bond donors (Lipinski definition) is 1. The van der Waals surface area contributed by atoms with Gasteiger partial charge >= 0.3 is 5.97 Å². The Bertz CT molecular complexity index is 486. The first-order valence-corrected chi connectivity index (χ1v) is 5.06. The molecule has 0 amide bonds. The zero-order valence-electron chi connectivity index (χ0n) is 9.98. The van der Waals surface area contributed by atoms with E-state index in [1.807, 2.05) is 0 Å². The fourth-order valence-corrected chi connectivity index (χ4v) is 1.50. The van der Waals surface area contributed by atoms with E-state index in [2.05, 4.69) is 0 Å². The van der Waals surface area contributed by atoms with Crippen molar-refractivity contribution >= 4 is 17.3 Å². The van der Waals surface area contributed by atoms with Crippen molar-refractivity contribution in [2.45, 2.75) is 13.8 Å². The van der Waals surface area contributed by atoms with Crippen molar-refractivity contribution in [3.05, 3.63) is 35.4 Å². The molecule has 0 bridgehead atoms. The topological polar surface area (TPSA) is 63.6 Å². The molecule has 0 aliphatic rings. The minimum Gasteiger partial charge on any atom is -0.496 e. The van der Waals surface area contributed by atoms with E-state index in [-0.39, 0.29) is 5.78 Å². The molecule has 1 aromatic rings. The Hall–Kier alpha value is -2.10. The molecule has 17 heavy (non-hydrogen) atoms. The van der Waals surface area contributed by atoms with Gasteiger partial charge in [0.1, 0.15) is 5.75 Å². The number of ether oxygens (including phenoxy) is 1. The number of methoxy groups -OCH3 is 1. The van der Waals surface area contributed by atoms with Crippen LogP contribution >= 0.6 is 0 Å². The summed E-state index contributed by atoms with van der Waals surface area (Å²) < 4.78 is 5.14. The van der Waals surface area contributed by atoms with Crippen molar-refractivity contribution in [3.8, 4) is 5.75 Å². The Labute approximate surface area is 99.5 Å². The molecular formula is C13H14O4. The lowest BCUT2D eigenvalue weighted by Gasteiger charge is -2.09. The molecule has 1 N–H and O–H groups in total. The second-order valence-corrected chi connectivity index (χ2v) is 3.64. The SMILES string of the molecule is COc1ccc(C(C)=O)cc1C(C)=CC(=O)O. The van der Waals surface area contributed by atoms with Gasteiger partial charge in [-0.2, -0.15) is 0 Å². The maximum Gasteiger partial charge on any atom is 0.328 e. The molecule has 4 heteroatoms. The molecule has 0 saturated heterocycles. The number of rotatable bonds is 4. The lowest BCUT2D eigenvalue weighted by Crippen LogP contribution is -1.98. The van der Waals surface area contributed by atoms with Crippen LogP contribution in [0.1, 0.15) is 29.8 Å². The van der Waals surface area contributed by atoms with Crippen LogP contribution in [-0.4, -0.2) is 24.0 Å². The minimum atomic E-state index is -1.03. The van der Waals surface area contributed by atoms with Gasteiger partial charge in [-0.1, -0.05) is 0 Å². The van der Waals surface area contributed by atoms with Gasteiger partial charge in [0.05, 0.1) is 7.11 Å². The van der Waals surface area contributed by atoms with E-state index in [0.717, 1.165) is 6.08 Å². The Morgan fingerprint density at radius 2 is 1.94 bits per heavy atom. The normalized spacial score (nSPS) is 11.1. The van der Waals surface area contributed by atoms with E-state index < -0.39 is 5.97 Å². The maximum atomic E-state index is 11.3. The zero-order valence-corrected chi connectivity index (χ0v) is 9.98. The van der Waals surface area contributed by atoms with E-state index in [1.165, 1.54) is 14.0 Å². The van der Waals surface area contributed by atoms with E-state index >= 15 is 0 Å². The van der Waals surface area contributed by atoms with Crippen LogP contribution in [0.4, 0.5) is 0 Å². The summed E-state index contributed by atoms with van der Waals surface area (Å²) in [6.45, 7) is 3.12. The lowest BCUT2D eigenvalue weighted by atomic mass is 10.0. The quantitative estimate of drug-likeness (QED) is 0.641. The van der Waals surface area contributed by atoms with Crippen LogP contribution in [0.2, 0.25) is 0 Å². The average Bonchev–Trinajstić information content (AvgIpc) is 2.27. The van der Waals surface area contributed by atoms with Gasteiger partial charge in [0.2, 0.25) is 0 Å². The fourth-order valence-electron chi connectivity index (χ4n) is 1.50. The van der Waals surface area contributed by atoms with Crippen molar-refractivity contribution in [3.63, 3.8) is 0 Å². The smallest absolute Gasteiger partial charge is 0.328 e. The number of carbonyl (C=O) groups excluding carboxylic acids is 1. The second kappa shape index (κ2) is 5.30. The predicted molar refractivity (Wildman–Crippen MR) is 64.3 cm³/mol.